The molecule has 1 aliphatic heterocycles. The minimum Gasteiger partial charge on any atom is -0.481 e. The molecule has 0 spiro atoms. The lowest BCUT2D eigenvalue weighted by molar-refractivity contribution is -0.140. The molecule has 1 atom stereocenters. The highest BCUT2D eigenvalue weighted by molar-refractivity contribution is 5.67. The van der Waals surface area contributed by atoms with Gasteiger partial charge in [-0.3, -0.25) is 14.6 Å². The second-order valence-electron chi connectivity index (χ2n) is 6.57. The first-order valence-electron chi connectivity index (χ1n) is 7.09. The molecule has 0 bridgehead atoms. The number of likely N-dealkylation sites (N-methyl/N-ethyl adjacent to an activating group) is 1. The fourth-order valence-corrected chi connectivity index (χ4v) is 3.73. The van der Waals surface area contributed by atoms with E-state index in [-0.39, 0.29) is 18.0 Å². The molecule has 0 aromatic heterocycles. The SMILES string of the molecule is CN1CC(C)(C)N(C2CCCC2)CC1CC(=O)O. The van der Waals surface area contributed by atoms with Crippen LogP contribution in [0.4, 0.5) is 0 Å². The molecule has 2 aliphatic rings. The van der Waals surface area contributed by atoms with Crippen LogP contribution in [0.5, 0.6) is 0 Å². The highest BCUT2D eigenvalue weighted by Gasteiger charge is 2.41. The van der Waals surface area contributed by atoms with Gasteiger partial charge in [-0.15, -0.1) is 0 Å². The van der Waals surface area contributed by atoms with Crippen molar-refractivity contribution in [2.24, 2.45) is 0 Å². The maximum atomic E-state index is 11.0. The van der Waals surface area contributed by atoms with E-state index in [1.807, 2.05) is 0 Å². The predicted octanol–water partition coefficient (Wildman–Crippen LogP) is 1.80. The van der Waals surface area contributed by atoms with Crippen molar-refractivity contribution in [3.05, 3.63) is 0 Å². The van der Waals surface area contributed by atoms with Gasteiger partial charge in [0.2, 0.25) is 0 Å². The zero-order valence-corrected chi connectivity index (χ0v) is 11.9. The molecule has 4 heteroatoms. The molecule has 2 rings (SSSR count). The lowest BCUT2D eigenvalue weighted by Crippen LogP contribution is -2.64. The van der Waals surface area contributed by atoms with E-state index in [4.69, 9.17) is 5.11 Å². The zero-order chi connectivity index (χ0) is 13.3. The van der Waals surface area contributed by atoms with E-state index >= 15 is 0 Å². The molecule has 1 unspecified atom stereocenters. The molecule has 0 aromatic carbocycles. The van der Waals surface area contributed by atoms with Crippen molar-refractivity contribution in [3.8, 4) is 0 Å². The normalized spacial score (nSPS) is 30.7. The van der Waals surface area contributed by atoms with Crippen LogP contribution in [0.15, 0.2) is 0 Å². The third-order valence-electron chi connectivity index (χ3n) is 4.62. The molecule has 18 heavy (non-hydrogen) atoms. The minimum atomic E-state index is -0.682. The number of carboxylic acid groups (broad SMARTS) is 1. The zero-order valence-electron chi connectivity index (χ0n) is 11.9. The molecular formula is C14H26N2O2. The molecule has 0 amide bonds. The summed E-state index contributed by atoms with van der Waals surface area (Å²) in [7, 11) is 2.06. The maximum absolute atomic E-state index is 11.0. The standard InChI is InChI=1S/C14H26N2O2/c1-14(2)10-15(3)12(8-13(17)18)9-16(14)11-6-4-5-7-11/h11-12H,4-10H2,1-3H3,(H,17,18). The van der Waals surface area contributed by atoms with E-state index in [0.717, 1.165) is 13.1 Å². The van der Waals surface area contributed by atoms with Crippen LogP contribution in [0.3, 0.4) is 0 Å². The fourth-order valence-electron chi connectivity index (χ4n) is 3.73. The lowest BCUT2D eigenvalue weighted by Gasteiger charge is -2.52. The van der Waals surface area contributed by atoms with Crippen molar-refractivity contribution in [1.29, 1.82) is 0 Å². The third kappa shape index (κ3) is 2.86. The van der Waals surface area contributed by atoms with Gasteiger partial charge >= 0.3 is 5.97 Å². The second kappa shape index (κ2) is 5.17. The number of hydrogen-bond acceptors (Lipinski definition) is 3. The Bertz CT molecular complexity index is 311. The van der Waals surface area contributed by atoms with Crippen molar-refractivity contribution in [1.82, 2.24) is 9.80 Å². The summed E-state index contributed by atoms with van der Waals surface area (Å²) in [6, 6.07) is 0.834. The molecule has 104 valence electrons. The third-order valence-corrected chi connectivity index (χ3v) is 4.62. The largest absolute Gasteiger partial charge is 0.481 e. The first kappa shape index (κ1) is 13.8. The molecule has 0 radical (unpaired) electrons. The van der Waals surface area contributed by atoms with Crippen LogP contribution in [0, 0.1) is 0 Å². The van der Waals surface area contributed by atoms with Crippen LogP contribution in [0.25, 0.3) is 0 Å². The van der Waals surface area contributed by atoms with Gasteiger partial charge in [-0.25, -0.2) is 0 Å². The van der Waals surface area contributed by atoms with Crippen LogP contribution in [-0.4, -0.2) is 58.6 Å². The van der Waals surface area contributed by atoms with Gasteiger partial charge < -0.3 is 5.11 Å². The van der Waals surface area contributed by atoms with Gasteiger partial charge in [0, 0.05) is 30.7 Å². The number of hydrogen-bond donors (Lipinski definition) is 1. The van der Waals surface area contributed by atoms with Crippen molar-refractivity contribution in [2.75, 3.05) is 20.1 Å². The van der Waals surface area contributed by atoms with Crippen LogP contribution in [0.2, 0.25) is 0 Å². The van der Waals surface area contributed by atoms with Gasteiger partial charge in [-0.2, -0.15) is 0 Å². The van der Waals surface area contributed by atoms with E-state index in [9.17, 15) is 4.79 Å². The van der Waals surface area contributed by atoms with E-state index in [2.05, 4.69) is 30.7 Å². The highest BCUT2D eigenvalue weighted by Crippen LogP contribution is 2.33. The summed E-state index contributed by atoms with van der Waals surface area (Å²) < 4.78 is 0. The number of carboxylic acids is 1. The molecule has 1 heterocycles. The molecule has 1 aliphatic carbocycles. The number of nitrogens with zero attached hydrogens (tertiary/aromatic N) is 2. The summed E-state index contributed by atoms with van der Waals surface area (Å²) in [6.45, 7) is 6.44. The number of carbonyl (C=O) groups is 1. The van der Waals surface area contributed by atoms with Crippen molar-refractivity contribution >= 4 is 5.97 Å². The second-order valence-corrected chi connectivity index (χ2v) is 6.57. The van der Waals surface area contributed by atoms with E-state index < -0.39 is 5.97 Å². The van der Waals surface area contributed by atoms with E-state index in [1.165, 1.54) is 25.7 Å². The average Bonchev–Trinajstić information content (AvgIpc) is 2.73. The van der Waals surface area contributed by atoms with Gasteiger partial charge in [-0.05, 0) is 33.7 Å². The fraction of sp³-hybridized carbons (Fsp3) is 0.929. The topological polar surface area (TPSA) is 43.8 Å². The molecule has 4 nitrogen and oxygen atoms in total. The summed E-state index contributed by atoms with van der Waals surface area (Å²) in [4.78, 5) is 15.8. The number of piperazine rings is 1. The first-order chi connectivity index (χ1) is 8.40. The van der Waals surface area contributed by atoms with Crippen molar-refractivity contribution in [2.45, 2.75) is 63.6 Å². The average molecular weight is 254 g/mol. The molecule has 1 saturated carbocycles. The molecular weight excluding hydrogens is 228 g/mol. The van der Waals surface area contributed by atoms with Crippen molar-refractivity contribution < 1.29 is 9.90 Å². The first-order valence-corrected chi connectivity index (χ1v) is 7.09. The monoisotopic (exact) mass is 254 g/mol. The number of aliphatic carboxylic acids is 1. The van der Waals surface area contributed by atoms with Gasteiger partial charge in [0.1, 0.15) is 0 Å². The Labute approximate surface area is 110 Å². The Morgan fingerprint density at radius 3 is 2.50 bits per heavy atom. The highest BCUT2D eigenvalue weighted by atomic mass is 16.4. The van der Waals surface area contributed by atoms with Gasteiger partial charge in [0.05, 0.1) is 6.42 Å². The molecule has 0 aromatic rings. The van der Waals surface area contributed by atoms with E-state index in [0.29, 0.717) is 6.04 Å². The molecule has 1 saturated heterocycles. The summed E-state index contributed by atoms with van der Waals surface area (Å²) >= 11 is 0. The Hall–Kier alpha value is -0.610. The van der Waals surface area contributed by atoms with Crippen LogP contribution >= 0.6 is 0 Å². The van der Waals surface area contributed by atoms with Crippen LogP contribution in [0.1, 0.15) is 46.0 Å². The van der Waals surface area contributed by atoms with E-state index in [1.54, 1.807) is 0 Å². The quantitative estimate of drug-likeness (QED) is 0.834. The Kier molecular flexibility index (Phi) is 3.97. The number of rotatable bonds is 3. The molecule has 1 N–H and O–H groups in total. The van der Waals surface area contributed by atoms with Gasteiger partial charge in [0.15, 0.2) is 0 Å². The predicted molar refractivity (Wildman–Crippen MR) is 71.7 cm³/mol. The van der Waals surface area contributed by atoms with Crippen molar-refractivity contribution in [3.63, 3.8) is 0 Å². The Morgan fingerprint density at radius 1 is 1.33 bits per heavy atom. The Morgan fingerprint density at radius 2 is 1.94 bits per heavy atom. The summed E-state index contributed by atoms with van der Waals surface area (Å²) in [5, 5.41) is 9.02. The van der Waals surface area contributed by atoms with Crippen LogP contribution in [-0.2, 0) is 4.79 Å². The van der Waals surface area contributed by atoms with Gasteiger partial charge in [0.25, 0.3) is 0 Å². The summed E-state index contributed by atoms with van der Waals surface area (Å²) in [6.07, 6.45) is 5.49. The maximum Gasteiger partial charge on any atom is 0.304 e. The summed E-state index contributed by atoms with van der Waals surface area (Å²) in [5.41, 5.74) is 0.165. The lowest BCUT2D eigenvalue weighted by atomic mass is 9.92. The minimum absolute atomic E-state index is 0.163. The van der Waals surface area contributed by atoms with Gasteiger partial charge in [-0.1, -0.05) is 12.8 Å². The molecule has 2 fully saturated rings. The smallest absolute Gasteiger partial charge is 0.304 e. The van der Waals surface area contributed by atoms with Crippen LogP contribution < -0.4 is 0 Å². The summed E-state index contributed by atoms with van der Waals surface area (Å²) in [5.74, 6) is -0.682. The Balaban J connectivity index is 2.08.